The molecule has 13 heavy (non-hydrogen) atoms. The second-order valence-electron chi connectivity index (χ2n) is 2.81. The molecule has 1 nitrogen and oxygen atoms in total. The molecule has 0 aliphatic heterocycles. The van der Waals surface area contributed by atoms with Crippen molar-refractivity contribution in [2.45, 2.75) is 20.3 Å². The zero-order chi connectivity index (χ0) is 9.52. The van der Waals surface area contributed by atoms with E-state index < -0.39 is 0 Å². The molecule has 0 saturated heterocycles. The molecular formula is C12H15N. The number of aromatic nitrogens is 1. The lowest BCUT2D eigenvalue weighted by Crippen LogP contribution is -1.82. The molecular weight excluding hydrogens is 158 g/mol. The zero-order valence-electron chi connectivity index (χ0n) is 8.20. The Labute approximate surface area is 79.8 Å². The van der Waals surface area contributed by atoms with Gasteiger partial charge in [0.1, 0.15) is 0 Å². The molecule has 1 aromatic rings. The van der Waals surface area contributed by atoms with Gasteiger partial charge >= 0.3 is 0 Å². The van der Waals surface area contributed by atoms with E-state index in [-0.39, 0.29) is 0 Å². The Morgan fingerprint density at radius 1 is 1.54 bits per heavy atom. The van der Waals surface area contributed by atoms with Gasteiger partial charge in [0.2, 0.25) is 0 Å². The van der Waals surface area contributed by atoms with Gasteiger partial charge in [-0.3, -0.25) is 4.98 Å². The monoisotopic (exact) mass is 173 g/mol. The van der Waals surface area contributed by atoms with Crippen molar-refractivity contribution in [1.29, 1.82) is 0 Å². The summed E-state index contributed by atoms with van der Waals surface area (Å²) in [6, 6.07) is 4.06. The topological polar surface area (TPSA) is 12.9 Å². The van der Waals surface area contributed by atoms with E-state index in [0.29, 0.717) is 0 Å². The second-order valence-corrected chi connectivity index (χ2v) is 2.81. The summed E-state index contributed by atoms with van der Waals surface area (Å²) in [4.78, 5) is 4.10. The summed E-state index contributed by atoms with van der Waals surface area (Å²) >= 11 is 0. The summed E-state index contributed by atoms with van der Waals surface area (Å²) in [6.45, 7) is 4.18. The molecule has 1 heterocycles. The van der Waals surface area contributed by atoms with Gasteiger partial charge in [0, 0.05) is 12.4 Å². The van der Waals surface area contributed by atoms with E-state index in [4.69, 9.17) is 0 Å². The Morgan fingerprint density at radius 2 is 2.38 bits per heavy atom. The normalized spacial score (nSPS) is 12.3. The Hall–Kier alpha value is -1.37. The fraction of sp³-hybridized carbons (Fsp3) is 0.250. The van der Waals surface area contributed by atoms with Crippen LogP contribution in [0.2, 0.25) is 0 Å². The van der Waals surface area contributed by atoms with E-state index in [1.807, 2.05) is 25.3 Å². The third-order valence-corrected chi connectivity index (χ3v) is 1.90. The Morgan fingerprint density at radius 3 is 2.92 bits per heavy atom. The molecule has 0 amide bonds. The maximum absolute atomic E-state index is 4.10. The lowest BCUT2D eigenvalue weighted by Gasteiger charge is -2.01. The molecule has 0 saturated carbocycles. The summed E-state index contributed by atoms with van der Waals surface area (Å²) in [5, 5.41) is 0. The first-order chi connectivity index (χ1) is 6.38. The average molecular weight is 173 g/mol. The molecule has 0 spiro atoms. The van der Waals surface area contributed by atoms with Crippen LogP contribution in [0.3, 0.4) is 0 Å². The maximum Gasteiger partial charge on any atom is 0.0343 e. The first kappa shape index (κ1) is 9.72. The highest BCUT2D eigenvalue weighted by atomic mass is 14.6. The van der Waals surface area contributed by atoms with Crippen LogP contribution in [0, 0.1) is 0 Å². The van der Waals surface area contributed by atoms with Gasteiger partial charge in [0.25, 0.3) is 0 Å². The fourth-order valence-corrected chi connectivity index (χ4v) is 1.18. The fourth-order valence-electron chi connectivity index (χ4n) is 1.18. The molecule has 1 aromatic heterocycles. The second kappa shape index (κ2) is 5.31. The van der Waals surface area contributed by atoms with Crippen molar-refractivity contribution in [3.05, 3.63) is 48.3 Å². The molecule has 0 fully saturated rings. The third kappa shape index (κ3) is 2.86. The number of pyridine rings is 1. The minimum absolute atomic E-state index is 1.04. The molecule has 0 radical (unpaired) electrons. The van der Waals surface area contributed by atoms with Crippen molar-refractivity contribution in [3.63, 3.8) is 0 Å². The molecule has 0 N–H and O–H groups in total. The molecule has 0 aliphatic rings. The summed E-state index contributed by atoms with van der Waals surface area (Å²) in [5.41, 5.74) is 2.54. The van der Waals surface area contributed by atoms with E-state index in [0.717, 1.165) is 6.42 Å². The van der Waals surface area contributed by atoms with Crippen LogP contribution >= 0.6 is 0 Å². The first-order valence-electron chi connectivity index (χ1n) is 4.60. The largest absolute Gasteiger partial charge is 0.264 e. The van der Waals surface area contributed by atoms with Gasteiger partial charge in [-0.1, -0.05) is 31.2 Å². The quantitative estimate of drug-likeness (QED) is 0.638. The van der Waals surface area contributed by atoms with Crippen LogP contribution in [-0.2, 0) is 0 Å². The van der Waals surface area contributed by atoms with Crippen LogP contribution in [0.4, 0.5) is 0 Å². The van der Waals surface area contributed by atoms with Crippen LogP contribution < -0.4 is 0 Å². The molecule has 0 aliphatic carbocycles. The van der Waals surface area contributed by atoms with Crippen LogP contribution in [0.1, 0.15) is 25.8 Å². The van der Waals surface area contributed by atoms with Gasteiger partial charge in [0.15, 0.2) is 0 Å². The molecule has 0 unspecified atom stereocenters. The van der Waals surface area contributed by atoms with E-state index >= 15 is 0 Å². The SMILES string of the molecule is C/C=C\C=C(/CC)c1cccnc1. The average Bonchev–Trinajstić information content (AvgIpc) is 2.21. The van der Waals surface area contributed by atoms with Crippen LogP contribution in [0.15, 0.2) is 42.8 Å². The van der Waals surface area contributed by atoms with Gasteiger partial charge in [0.05, 0.1) is 0 Å². The lowest BCUT2D eigenvalue weighted by atomic mass is 10.1. The Balaban J connectivity index is 2.91. The summed E-state index contributed by atoms with van der Waals surface area (Å²) < 4.78 is 0. The van der Waals surface area contributed by atoms with Crippen molar-refractivity contribution in [2.24, 2.45) is 0 Å². The highest BCUT2D eigenvalue weighted by molar-refractivity contribution is 5.65. The number of hydrogen-bond acceptors (Lipinski definition) is 1. The molecule has 1 rings (SSSR count). The van der Waals surface area contributed by atoms with E-state index in [1.165, 1.54) is 11.1 Å². The van der Waals surface area contributed by atoms with Crippen LogP contribution in [-0.4, -0.2) is 4.98 Å². The minimum atomic E-state index is 1.04. The van der Waals surface area contributed by atoms with Crippen LogP contribution in [0.25, 0.3) is 5.57 Å². The number of allylic oxidation sites excluding steroid dienone is 4. The smallest absolute Gasteiger partial charge is 0.0343 e. The van der Waals surface area contributed by atoms with Crippen molar-refractivity contribution in [3.8, 4) is 0 Å². The van der Waals surface area contributed by atoms with E-state index in [2.05, 4.69) is 30.1 Å². The lowest BCUT2D eigenvalue weighted by molar-refractivity contribution is 1.21. The molecule has 0 aromatic carbocycles. The predicted molar refractivity (Wildman–Crippen MR) is 57.3 cm³/mol. The molecule has 68 valence electrons. The van der Waals surface area contributed by atoms with E-state index in [1.54, 1.807) is 6.20 Å². The first-order valence-corrected chi connectivity index (χ1v) is 4.60. The minimum Gasteiger partial charge on any atom is -0.264 e. The predicted octanol–water partition coefficient (Wildman–Crippen LogP) is 3.45. The summed E-state index contributed by atoms with van der Waals surface area (Å²) in [5.74, 6) is 0. The maximum atomic E-state index is 4.10. The Kier molecular flexibility index (Phi) is 3.97. The van der Waals surface area contributed by atoms with Gasteiger partial charge in [-0.25, -0.2) is 0 Å². The number of hydrogen-bond donors (Lipinski definition) is 0. The Bertz CT molecular complexity index is 296. The summed E-state index contributed by atoms with van der Waals surface area (Å²) in [7, 11) is 0. The molecule has 1 heteroatoms. The summed E-state index contributed by atoms with van der Waals surface area (Å²) in [6.07, 6.45) is 11.0. The standard InChI is InChI=1S/C12H15N/c1-3-5-7-11(4-2)12-8-6-9-13-10-12/h3,5-10H,4H2,1-2H3/b5-3-,11-7+. The van der Waals surface area contributed by atoms with Gasteiger partial charge in [-0.15, -0.1) is 0 Å². The van der Waals surface area contributed by atoms with Crippen molar-refractivity contribution < 1.29 is 0 Å². The number of rotatable bonds is 3. The van der Waals surface area contributed by atoms with Crippen LogP contribution in [0.5, 0.6) is 0 Å². The van der Waals surface area contributed by atoms with Gasteiger partial charge in [-0.2, -0.15) is 0 Å². The van der Waals surface area contributed by atoms with Crippen molar-refractivity contribution in [2.75, 3.05) is 0 Å². The number of nitrogens with zero attached hydrogens (tertiary/aromatic N) is 1. The van der Waals surface area contributed by atoms with Gasteiger partial charge in [-0.05, 0) is 30.5 Å². The van der Waals surface area contributed by atoms with E-state index in [9.17, 15) is 0 Å². The zero-order valence-corrected chi connectivity index (χ0v) is 8.20. The molecule has 0 bridgehead atoms. The van der Waals surface area contributed by atoms with Gasteiger partial charge < -0.3 is 0 Å². The highest BCUT2D eigenvalue weighted by Crippen LogP contribution is 2.16. The van der Waals surface area contributed by atoms with Crippen molar-refractivity contribution in [1.82, 2.24) is 4.98 Å². The third-order valence-electron chi connectivity index (χ3n) is 1.90. The van der Waals surface area contributed by atoms with Crippen molar-refractivity contribution >= 4 is 5.57 Å². The highest BCUT2D eigenvalue weighted by Gasteiger charge is 1.95. The molecule has 0 atom stereocenters.